The summed E-state index contributed by atoms with van der Waals surface area (Å²) in [6, 6.07) is 33.2. The van der Waals surface area contributed by atoms with Crippen molar-refractivity contribution in [1.82, 2.24) is 4.57 Å². The van der Waals surface area contributed by atoms with Crippen molar-refractivity contribution in [3.8, 4) is 17.2 Å². The molecule has 0 unspecified atom stereocenters. The molecule has 0 saturated heterocycles. The third kappa shape index (κ3) is 6.66. The van der Waals surface area contributed by atoms with Crippen molar-refractivity contribution >= 4 is 51.5 Å². The molecule has 51 heavy (non-hydrogen) atoms. The fourth-order valence-electron chi connectivity index (χ4n) is 6.20. The summed E-state index contributed by atoms with van der Waals surface area (Å²) in [5.41, 5.74) is 3.30. The second-order valence-corrected chi connectivity index (χ2v) is 13.1. The molecule has 1 atom stereocenters. The number of carbonyl (C=O) groups excluding carboxylic acids is 1. The van der Waals surface area contributed by atoms with E-state index in [1.165, 1.54) is 11.3 Å². The molecule has 0 N–H and O–H groups in total. The molecule has 5 aromatic carbocycles. The lowest BCUT2D eigenvalue weighted by Gasteiger charge is -2.27. The van der Waals surface area contributed by atoms with E-state index < -0.39 is 12.0 Å². The highest BCUT2D eigenvalue weighted by molar-refractivity contribution is 7.07. The maximum absolute atomic E-state index is 14.7. The van der Waals surface area contributed by atoms with Crippen molar-refractivity contribution < 1.29 is 23.7 Å². The van der Waals surface area contributed by atoms with Crippen LogP contribution in [0, 0.1) is 0 Å². The molecule has 0 aliphatic carbocycles. The molecule has 10 heteroatoms. The van der Waals surface area contributed by atoms with Crippen LogP contribution in [0.3, 0.4) is 0 Å². The number of aromatic nitrogens is 1. The average molecular weight is 717 g/mol. The first-order chi connectivity index (χ1) is 24.9. The highest BCUT2D eigenvalue weighted by Crippen LogP contribution is 2.40. The van der Waals surface area contributed by atoms with Crippen LogP contribution in [-0.2, 0) is 16.1 Å². The van der Waals surface area contributed by atoms with E-state index >= 15 is 0 Å². The molecule has 6 aromatic rings. The molecule has 2 heterocycles. The number of rotatable bonds is 10. The van der Waals surface area contributed by atoms with E-state index in [0.29, 0.717) is 55.0 Å². The van der Waals surface area contributed by atoms with Gasteiger partial charge in [-0.1, -0.05) is 95.7 Å². The van der Waals surface area contributed by atoms with E-state index in [0.717, 1.165) is 21.9 Å². The molecular formula is C41H33ClN2O6S. The maximum atomic E-state index is 14.7. The van der Waals surface area contributed by atoms with Gasteiger partial charge in [0.25, 0.3) is 5.56 Å². The topological polar surface area (TPSA) is 88.4 Å². The quantitative estimate of drug-likeness (QED) is 0.138. The predicted molar refractivity (Wildman–Crippen MR) is 200 cm³/mol. The van der Waals surface area contributed by atoms with E-state index in [2.05, 4.69) is 0 Å². The van der Waals surface area contributed by atoms with Crippen molar-refractivity contribution in [1.29, 1.82) is 0 Å². The normalized spacial score (nSPS) is 14.2. The molecule has 1 aliphatic heterocycles. The van der Waals surface area contributed by atoms with E-state index in [1.807, 2.05) is 97.1 Å². The van der Waals surface area contributed by atoms with E-state index in [1.54, 1.807) is 43.9 Å². The highest BCUT2D eigenvalue weighted by atomic mass is 35.5. The van der Waals surface area contributed by atoms with Crippen molar-refractivity contribution in [2.75, 3.05) is 20.8 Å². The van der Waals surface area contributed by atoms with E-state index in [-0.39, 0.29) is 17.7 Å². The van der Waals surface area contributed by atoms with Crippen LogP contribution in [0.15, 0.2) is 125 Å². The van der Waals surface area contributed by atoms with Crippen LogP contribution >= 0.6 is 22.9 Å². The average Bonchev–Trinajstić information content (AvgIpc) is 3.48. The Hall–Kier alpha value is -5.64. The number of thiazole rings is 1. The second kappa shape index (κ2) is 14.7. The summed E-state index contributed by atoms with van der Waals surface area (Å²) in [5, 5.41) is 2.56. The van der Waals surface area contributed by atoms with Gasteiger partial charge in [-0.25, -0.2) is 9.79 Å². The van der Waals surface area contributed by atoms with Gasteiger partial charge in [0.05, 0.1) is 36.6 Å². The van der Waals surface area contributed by atoms with Gasteiger partial charge < -0.3 is 18.9 Å². The van der Waals surface area contributed by atoms with Gasteiger partial charge in [0.1, 0.15) is 29.9 Å². The van der Waals surface area contributed by atoms with E-state index in [4.69, 9.17) is 35.5 Å². The van der Waals surface area contributed by atoms with Gasteiger partial charge in [-0.2, -0.15) is 0 Å². The van der Waals surface area contributed by atoms with Crippen LogP contribution in [0.25, 0.3) is 22.5 Å². The maximum Gasteiger partial charge on any atom is 0.338 e. The lowest BCUT2D eigenvalue weighted by atomic mass is 9.92. The molecular weight excluding hydrogens is 684 g/mol. The number of ether oxygens (including phenoxy) is 4. The number of nitrogens with zero attached hydrogens (tertiary/aromatic N) is 2. The monoisotopic (exact) mass is 716 g/mol. The van der Waals surface area contributed by atoms with Crippen molar-refractivity contribution in [3.63, 3.8) is 0 Å². The number of halogens is 1. The zero-order chi connectivity index (χ0) is 35.5. The summed E-state index contributed by atoms with van der Waals surface area (Å²) in [6.07, 6.45) is 1.85. The minimum absolute atomic E-state index is 0.140. The second-order valence-electron chi connectivity index (χ2n) is 11.7. The summed E-state index contributed by atoms with van der Waals surface area (Å²) in [6.45, 7) is 2.19. The molecule has 0 saturated carbocycles. The van der Waals surface area contributed by atoms with Gasteiger partial charge in [0.15, 0.2) is 4.80 Å². The Labute approximate surface area is 303 Å². The Morgan fingerprint density at radius 1 is 0.902 bits per heavy atom. The fraction of sp³-hybridized carbons (Fsp3) is 0.146. The van der Waals surface area contributed by atoms with Crippen LogP contribution in [-0.4, -0.2) is 31.4 Å². The Morgan fingerprint density at radius 2 is 1.67 bits per heavy atom. The third-order valence-electron chi connectivity index (χ3n) is 8.62. The van der Waals surface area contributed by atoms with Gasteiger partial charge in [0, 0.05) is 27.8 Å². The molecule has 1 aromatic heterocycles. The summed E-state index contributed by atoms with van der Waals surface area (Å²) < 4.78 is 25.3. The van der Waals surface area contributed by atoms with Crippen LogP contribution in [0.2, 0.25) is 5.02 Å². The molecule has 0 radical (unpaired) electrons. The number of benzene rings is 5. The Kier molecular flexibility index (Phi) is 9.74. The molecule has 0 bridgehead atoms. The first-order valence-electron chi connectivity index (χ1n) is 16.3. The summed E-state index contributed by atoms with van der Waals surface area (Å²) in [7, 11) is 3.11. The Bertz CT molecular complexity index is 2470. The highest BCUT2D eigenvalue weighted by Gasteiger charge is 2.37. The smallest absolute Gasteiger partial charge is 0.338 e. The zero-order valence-electron chi connectivity index (χ0n) is 28.1. The number of carbonyl (C=O) groups is 1. The summed E-state index contributed by atoms with van der Waals surface area (Å²) in [4.78, 5) is 34.1. The largest absolute Gasteiger partial charge is 0.497 e. The van der Waals surface area contributed by atoms with Crippen molar-refractivity contribution in [3.05, 3.63) is 162 Å². The SMILES string of the molecule is CCOC(=O)C1=C(c2ccccc2)N=c2s/c(=C\c3c(OCc4ccc(Cl)cc4)ccc4ccccc34)c(=O)n2[C@@H]1c1ccc(OC)cc1OC. The van der Waals surface area contributed by atoms with Crippen LogP contribution < -0.4 is 29.1 Å². The zero-order valence-corrected chi connectivity index (χ0v) is 29.7. The number of hydrogen-bond donors (Lipinski definition) is 0. The molecule has 0 spiro atoms. The lowest BCUT2D eigenvalue weighted by molar-refractivity contribution is -0.138. The molecule has 7 rings (SSSR count). The summed E-state index contributed by atoms with van der Waals surface area (Å²) in [5.74, 6) is 1.04. The number of methoxy groups -OCH3 is 2. The number of fused-ring (bicyclic) bond motifs is 2. The standard InChI is InChI=1S/C41H33ClN2O6S/c1-4-49-40(46)36-37(27-11-6-5-7-12-27)43-41-44(38(36)31-20-19-29(47-2)22-34(31)48-3)39(45)35(51-41)23-32-30-13-9-8-10-26(30)16-21-33(32)50-24-25-14-17-28(42)18-15-25/h5-23,38H,4,24H2,1-3H3/b35-23-/t38-/m1/s1. The van der Waals surface area contributed by atoms with E-state index in [9.17, 15) is 9.59 Å². The molecule has 0 amide bonds. The molecule has 256 valence electrons. The minimum atomic E-state index is -0.924. The van der Waals surface area contributed by atoms with Crippen LogP contribution in [0.1, 0.15) is 35.2 Å². The lowest BCUT2D eigenvalue weighted by Crippen LogP contribution is -2.40. The Balaban J connectivity index is 1.48. The first kappa shape index (κ1) is 33.8. The molecule has 1 aliphatic rings. The summed E-state index contributed by atoms with van der Waals surface area (Å²) >= 11 is 7.35. The minimum Gasteiger partial charge on any atom is -0.497 e. The molecule has 0 fully saturated rings. The molecule has 8 nitrogen and oxygen atoms in total. The van der Waals surface area contributed by atoms with Gasteiger partial charge in [-0.15, -0.1) is 0 Å². The van der Waals surface area contributed by atoms with Gasteiger partial charge in [-0.3, -0.25) is 9.36 Å². The third-order valence-corrected chi connectivity index (χ3v) is 9.86. The first-order valence-corrected chi connectivity index (χ1v) is 17.5. The number of esters is 1. The van der Waals surface area contributed by atoms with Crippen LogP contribution in [0.4, 0.5) is 0 Å². The van der Waals surface area contributed by atoms with Gasteiger partial charge in [0.2, 0.25) is 0 Å². The van der Waals surface area contributed by atoms with Crippen molar-refractivity contribution in [2.45, 2.75) is 19.6 Å². The number of hydrogen-bond acceptors (Lipinski definition) is 8. The fourth-order valence-corrected chi connectivity index (χ4v) is 7.31. The predicted octanol–water partition coefficient (Wildman–Crippen LogP) is 7.34. The van der Waals surface area contributed by atoms with Crippen LogP contribution in [0.5, 0.6) is 17.2 Å². The van der Waals surface area contributed by atoms with Gasteiger partial charge >= 0.3 is 5.97 Å². The Morgan fingerprint density at radius 3 is 2.41 bits per heavy atom. The van der Waals surface area contributed by atoms with Gasteiger partial charge in [-0.05, 0) is 59.7 Å². The van der Waals surface area contributed by atoms with Crippen molar-refractivity contribution in [2.24, 2.45) is 4.99 Å².